The number of hydrogen-bond donors (Lipinski definition) is 2. The van der Waals surface area contributed by atoms with Crippen molar-refractivity contribution in [2.45, 2.75) is 37.5 Å². The van der Waals surface area contributed by atoms with Crippen molar-refractivity contribution in [1.82, 2.24) is 10.0 Å². The van der Waals surface area contributed by atoms with Crippen molar-refractivity contribution in [1.29, 1.82) is 0 Å². The van der Waals surface area contributed by atoms with Crippen LogP contribution in [0.2, 0.25) is 0 Å². The summed E-state index contributed by atoms with van der Waals surface area (Å²) in [6, 6.07) is 4.56. The Labute approximate surface area is 113 Å². The van der Waals surface area contributed by atoms with Gasteiger partial charge < -0.3 is 5.32 Å². The Morgan fingerprint density at radius 1 is 1.50 bits per heavy atom. The normalized spacial score (nSPS) is 17.8. The Kier molecular flexibility index (Phi) is 4.77. The highest BCUT2D eigenvalue weighted by Gasteiger charge is 2.25. The van der Waals surface area contributed by atoms with Crippen molar-refractivity contribution in [3.63, 3.8) is 0 Å². The summed E-state index contributed by atoms with van der Waals surface area (Å²) in [5.74, 6) is 0. The molecule has 1 aliphatic carbocycles. The average molecular weight is 288 g/mol. The highest BCUT2D eigenvalue weighted by molar-refractivity contribution is 7.90. The quantitative estimate of drug-likeness (QED) is 0.759. The lowest BCUT2D eigenvalue weighted by Gasteiger charge is -2.14. The van der Waals surface area contributed by atoms with Crippen LogP contribution in [-0.4, -0.2) is 32.8 Å². The largest absolute Gasteiger partial charge is 0.313 e. The molecular formula is C12H20N2O2S2. The van der Waals surface area contributed by atoms with Gasteiger partial charge in [-0.3, -0.25) is 0 Å². The molecule has 0 spiro atoms. The zero-order chi connectivity index (χ0) is 13.0. The lowest BCUT2D eigenvalue weighted by Crippen LogP contribution is -2.40. The van der Waals surface area contributed by atoms with Gasteiger partial charge in [0.25, 0.3) is 0 Å². The summed E-state index contributed by atoms with van der Waals surface area (Å²) in [6.45, 7) is 2.78. The molecule has 18 heavy (non-hydrogen) atoms. The van der Waals surface area contributed by atoms with Gasteiger partial charge in [0.2, 0.25) is 10.0 Å². The molecule has 1 aromatic heterocycles. The van der Waals surface area contributed by atoms with Gasteiger partial charge in [0.05, 0.1) is 5.25 Å². The summed E-state index contributed by atoms with van der Waals surface area (Å²) in [5, 5.41) is 4.88. The first-order valence-electron chi connectivity index (χ1n) is 6.32. The van der Waals surface area contributed by atoms with Crippen LogP contribution in [0.5, 0.6) is 0 Å². The Morgan fingerprint density at radius 2 is 2.28 bits per heavy atom. The molecule has 0 bridgehead atoms. The van der Waals surface area contributed by atoms with Gasteiger partial charge in [0.15, 0.2) is 0 Å². The minimum atomic E-state index is -3.19. The van der Waals surface area contributed by atoms with Gasteiger partial charge in [0.1, 0.15) is 0 Å². The summed E-state index contributed by atoms with van der Waals surface area (Å²) in [5.41, 5.74) is 0. The molecule has 2 N–H and O–H groups in total. The number of thiophene rings is 1. The number of hydrogen-bond acceptors (Lipinski definition) is 4. The lowest BCUT2D eigenvalue weighted by atomic mass is 10.3. The standard InChI is InChI=1S/C12H20N2O2S2/c1-10(9-13-11-4-5-11)18(15,16)14-7-6-12-3-2-8-17-12/h2-3,8,10-11,13-14H,4-7,9H2,1H3. The second-order valence-corrected chi connectivity index (χ2v) is 7.98. The smallest absolute Gasteiger partial charge is 0.215 e. The van der Waals surface area contributed by atoms with Gasteiger partial charge >= 0.3 is 0 Å². The van der Waals surface area contributed by atoms with Crippen molar-refractivity contribution < 1.29 is 8.42 Å². The molecule has 0 aliphatic heterocycles. The van der Waals surface area contributed by atoms with Crippen LogP contribution in [0.15, 0.2) is 17.5 Å². The predicted octanol–water partition coefficient (Wildman–Crippen LogP) is 1.35. The second kappa shape index (κ2) is 6.14. The minimum absolute atomic E-state index is 0.374. The topological polar surface area (TPSA) is 58.2 Å². The van der Waals surface area contributed by atoms with Crippen LogP contribution in [0, 0.1) is 0 Å². The van der Waals surface area contributed by atoms with E-state index in [0.717, 1.165) is 6.42 Å². The van der Waals surface area contributed by atoms with E-state index in [0.29, 0.717) is 19.1 Å². The fraction of sp³-hybridized carbons (Fsp3) is 0.667. The predicted molar refractivity (Wildman–Crippen MR) is 75.4 cm³/mol. The van der Waals surface area contributed by atoms with Crippen LogP contribution in [0.3, 0.4) is 0 Å². The minimum Gasteiger partial charge on any atom is -0.313 e. The maximum atomic E-state index is 11.9. The number of nitrogens with one attached hydrogen (secondary N) is 2. The van der Waals surface area contributed by atoms with Crippen LogP contribution in [0.1, 0.15) is 24.6 Å². The number of sulfonamides is 1. The zero-order valence-electron chi connectivity index (χ0n) is 10.6. The summed E-state index contributed by atoms with van der Waals surface area (Å²) in [6.07, 6.45) is 3.12. The van der Waals surface area contributed by atoms with E-state index in [1.165, 1.54) is 17.7 Å². The molecule has 1 unspecified atom stereocenters. The molecule has 1 fully saturated rings. The Morgan fingerprint density at radius 3 is 2.89 bits per heavy atom. The highest BCUT2D eigenvalue weighted by Crippen LogP contribution is 2.18. The molecule has 0 radical (unpaired) electrons. The Balaban J connectivity index is 1.71. The molecule has 0 aromatic carbocycles. The molecule has 1 heterocycles. The van der Waals surface area contributed by atoms with E-state index >= 15 is 0 Å². The van der Waals surface area contributed by atoms with Gasteiger partial charge in [0, 0.05) is 24.0 Å². The van der Waals surface area contributed by atoms with Crippen LogP contribution in [0.4, 0.5) is 0 Å². The van der Waals surface area contributed by atoms with Crippen LogP contribution in [0.25, 0.3) is 0 Å². The first-order chi connectivity index (χ1) is 8.58. The summed E-state index contributed by atoms with van der Waals surface area (Å²) in [4.78, 5) is 1.21. The molecule has 6 heteroatoms. The third-order valence-corrected chi connectivity index (χ3v) is 5.82. The lowest BCUT2D eigenvalue weighted by molar-refractivity contribution is 0.557. The zero-order valence-corrected chi connectivity index (χ0v) is 12.2. The maximum Gasteiger partial charge on any atom is 0.215 e. The van der Waals surface area contributed by atoms with Crippen LogP contribution in [-0.2, 0) is 16.4 Å². The second-order valence-electron chi connectivity index (χ2n) is 4.76. The fourth-order valence-corrected chi connectivity index (χ4v) is 3.34. The SMILES string of the molecule is CC(CNC1CC1)S(=O)(=O)NCCc1cccs1. The van der Waals surface area contributed by atoms with Gasteiger partial charge in [-0.25, -0.2) is 13.1 Å². The van der Waals surface area contributed by atoms with Crippen molar-refractivity contribution in [3.8, 4) is 0 Å². The Bertz CT molecular complexity index is 452. The average Bonchev–Trinajstić information content (AvgIpc) is 3.02. The van der Waals surface area contributed by atoms with Gasteiger partial charge in [-0.15, -0.1) is 11.3 Å². The molecule has 1 aromatic rings. The van der Waals surface area contributed by atoms with Crippen molar-refractivity contribution >= 4 is 21.4 Å². The van der Waals surface area contributed by atoms with E-state index in [-0.39, 0.29) is 5.25 Å². The third kappa shape index (κ3) is 4.35. The van der Waals surface area contributed by atoms with E-state index in [2.05, 4.69) is 10.0 Å². The van der Waals surface area contributed by atoms with Crippen molar-refractivity contribution in [2.75, 3.05) is 13.1 Å². The van der Waals surface area contributed by atoms with Crippen LogP contribution < -0.4 is 10.0 Å². The summed E-state index contributed by atoms with van der Waals surface area (Å²) >= 11 is 1.66. The van der Waals surface area contributed by atoms with E-state index < -0.39 is 10.0 Å². The molecule has 0 amide bonds. The van der Waals surface area contributed by atoms with E-state index in [1.807, 2.05) is 17.5 Å². The van der Waals surface area contributed by atoms with Crippen LogP contribution >= 0.6 is 11.3 Å². The molecule has 0 saturated heterocycles. The third-order valence-electron chi connectivity index (χ3n) is 3.06. The van der Waals surface area contributed by atoms with Gasteiger partial charge in [-0.1, -0.05) is 6.07 Å². The molecule has 1 aliphatic rings. The van der Waals surface area contributed by atoms with E-state index in [1.54, 1.807) is 18.3 Å². The fourth-order valence-electron chi connectivity index (χ4n) is 1.64. The molecule has 102 valence electrons. The summed E-state index contributed by atoms with van der Waals surface area (Å²) in [7, 11) is -3.19. The monoisotopic (exact) mass is 288 g/mol. The van der Waals surface area contributed by atoms with Gasteiger partial charge in [-0.2, -0.15) is 0 Å². The molecule has 1 atom stereocenters. The Hall–Kier alpha value is -0.430. The molecule has 1 saturated carbocycles. The number of rotatable bonds is 8. The highest BCUT2D eigenvalue weighted by atomic mass is 32.2. The van der Waals surface area contributed by atoms with Gasteiger partial charge in [-0.05, 0) is 37.6 Å². The van der Waals surface area contributed by atoms with E-state index in [9.17, 15) is 8.42 Å². The molecule has 2 rings (SSSR count). The summed E-state index contributed by atoms with van der Waals surface area (Å²) < 4.78 is 26.6. The van der Waals surface area contributed by atoms with E-state index in [4.69, 9.17) is 0 Å². The van der Waals surface area contributed by atoms with Crippen molar-refractivity contribution in [2.24, 2.45) is 0 Å². The first kappa shape index (κ1) is 14.0. The first-order valence-corrected chi connectivity index (χ1v) is 8.75. The van der Waals surface area contributed by atoms with Crippen molar-refractivity contribution in [3.05, 3.63) is 22.4 Å². The molecule has 4 nitrogen and oxygen atoms in total. The molecular weight excluding hydrogens is 268 g/mol. The maximum absolute atomic E-state index is 11.9.